The highest BCUT2D eigenvalue weighted by Gasteiger charge is 2.25. The Morgan fingerprint density at radius 1 is 1.03 bits per heavy atom. The van der Waals surface area contributed by atoms with E-state index in [9.17, 15) is 4.79 Å². The van der Waals surface area contributed by atoms with Gasteiger partial charge < -0.3 is 29.3 Å². The number of carbonyl (C=O) groups is 1. The van der Waals surface area contributed by atoms with Gasteiger partial charge >= 0.3 is 6.09 Å². The average Bonchev–Trinajstić information content (AvgIpc) is 2.84. The van der Waals surface area contributed by atoms with Crippen LogP contribution < -0.4 is 20.1 Å². The van der Waals surface area contributed by atoms with E-state index in [0.717, 1.165) is 11.4 Å². The van der Waals surface area contributed by atoms with E-state index in [1.54, 1.807) is 24.0 Å². The van der Waals surface area contributed by atoms with Crippen molar-refractivity contribution < 1.29 is 19.0 Å². The maximum absolute atomic E-state index is 12.1. The number of hydrogen-bond acceptors (Lipinski definition) is 7. The monoisotopic (exact) mass is 535 g/mol. The van der Waals surface area contributed by atoms with Gasteiger partial charge in [0.15, 0.2) is 0 Å². The summed E-state index contributed by atoms with van der Waals surface area (Å²) in [6.45, 7) is 7.85. The Hall–Kier alpha value is -3.38. The van der Waals surface area contributed by atoms with Gasteiger partial charge in [-0.1, -0.05) is 11.6 Å². The zero-order chi connectivity index (χ0) is 26.2. The van der Waals surface area contributed by atoms with Gasteiger partial charge in [-0.25, -0.2) is 14.8 Å². The lowest BCUT2D eigenvalue weighted by Crippen LogP contribution is -2.52. The fourth-order valence-corrected chi connectivity index (χ4v) is 4.00. The van der Waals surface area contributed by atoms with Crippen molar-refractivity contribution in [2.75, 3.05) is 57.6 Å². The number of benzene rings is 1. The molecule has 1 fully saturated rings. The SMILES string of the molecule is CCOC(=O)N1CCN(/C(=N\C(=S)Nc2cc(OC)c(Cl)cc2OC)Nc2nc(C)cc(C)n2)CC1. The highest BCUT2D eigenvalue weighted by molar-refractivity contribution is 7.80. The summed E-state index contributed by atoms with van der Waals surface area (Å²) >= 11 is 11.8. The number of aromatic nitrogens is 2. The number of amides is 1. The van der Waals surface area contributed by atoms with Gasteiger partial charge in [-0.3, -0.25) is 5.32 Å². The molecule has 0 radical (unpaired) electrons. The Kier molecular flexibility index (Phi) is 9.48. The first kappa shape index (κ1) is 27.2. The molecule has 0 bridgehead atoms. The molecule has 3 rings (SSSR count). The number of nitrogens with zero attached hydrogens (tertiary/aromatic N) is 5. The van der Waals surface area contributed by atoms with Gasteiger partial charge in [0, 0.05) is 49.7 Å². The fourth-order valence-electron chi connectivity index (χ4n) is 3.57. The van der Waals surface area contributed by atoms with E-state index in [2.05, 4.69) is 25.6 Å². The van der Waals surface area contributed by atoms with Gasteiger partial charge in [-0.15, -0.1) is 0 Å². The number of rotatable bonds is 5. The molecule has 1 amide bonds. The summed E-state index contributed by atoms with van der Waals surface area (Å²) in [5.41, 5.74) is 2.17. The summed E-state index contributed by atoms with van der Waals surface area (Å²) < 4.78 is 15.8. The quantitative estimate of drug-likeness (QED) is 0.333. The second-order valence-electron chi connectivity index (χ2n) is 7.82. The van der Waals surface area contributed by atoms with Gasteiger partial charge in [-0.2, -0.15) is 4.99 Å². The van der Waals surface area contributed by atoms with Crippen molar-refractivity contribution in [3.63, 3.8) is 0 Å². The standard InChI is InChI=1S/C23H30ClN7O4S/c1-6-35-23(32)31-9-7-30(8-10-31)21(28-20-25-14(2)11-15(3)26-20)29-22(36)27-17-13-18(33-4)16(24)12-19(17)34-5/h11-13H,6-10H2,1-5H3,(H2,25,26,27,28,29,36). The van der Waals surface area contributed by atoms with Crippen molar-refractivity contribution in [2.24, 2.45) is 4.99 Å². The van der Waals surface area contributed by atoms with E-state index in [4.69, 9.17) is 38.0 Å². The minimum Gasteiger partial charge on any atom is -0.495 e. The van der Waals surface area contributed by atoms with E-state index >= 15 is 0 Å². The number of ether oxygens (including phenoxy) is 3. The van der Waals surface area contributed by atoms with Gasteiger partial charge in [-0.05, 0) is 39.1 Å². The number of hydrogen-bond donors (Lipinski definition) is 2. The molecule has 0 atom stereocenters. The lowest BCUT2D eigenvalue weighted by molar-refractivity contribution is 0.0920. The number of thiocarbonyl (C=S) groups is 1. The summed E-state index contributed by atoms with van der Waals surface area (Å²) in [7, 11) is 3.05. The number of guanidine groups is 1. The van der Waals surface area contributed by atoms with Crippen LogP contribution in [0.2, 0.25) is 5.02 Å². The molecular formula is C23H30ClN7O4S. The van der Waals surface area contributed by atoms with Crippen molar-refractivity contribution in [1.29, 1.82) is 0 Å². The van der Waals surface area contributed by atoms with Crippen molar-refractivity contribution in [2.45, 2.75) is 20.8 Å². The zero-order valence-electron chi connectivity index (χ0n) is 20.9. The van der Waals surface area contributed by atoms with Crippen LogP contribution in [0.15, 0.2) is 23.2 Å². The number of anilines is 2. The number of aliphatic imine (C=N–C) groups is 1. The first-order chi connectivity index (χ1) is 17.2. The Bertz CT molecular complexity index is 1120. The maximum Gasteiger partial charge on any atom is 0.409 e. The molecule has 0 saturated carbocycles. The Balaban J connectivity index is 1.85. The molecule has 194 valence electrons. The third-order valence-electron chi connectivity index (χ3n) is 5.23. The molecular weight excluding hydrogens is 506 g/mol. The van der Waals surface area contributed by atoms with Gasteiger partial charge in [0.1, 0.15) is 11.5 Å². The number of methoxy groups -OCH3 is 2. The van der Waals surface area contributed by atoms with Crippen molar-refractivity contribution in [1.82, 2.24) is 19.8 Å². The highest BCUT2D eigenvalue weighted by atomic mass is 35.5. The number of halogens is 1. The van der Waals surface area contributed by atoms with Crippen molar-refractivity contribution in [3.8, 4) is 11.5 Å². The van der Waals surface area contributed by atoms with Crippen LogP contribution >= 0.6 is 23.8 Å². The number of piperazine rings is 1. The van der Waals surface area contributed by atoms with E-state index in [0.29, 0.717) is 66.9 Å². The van der Waals surface area contributed by atoms with Crippen molar-refractivity contribution in [3.05, 3.63) is 34.6 Å². The molecule has 1 aromatic carbocycles. The van der Waals surface area contributed by atoms with Gasteiger partial charge in [0.25, 0.3) is 0 Å². The summed E-state index contributed by atoms with van der Waals surface area (Å²) in [5.74, 6) is 1.78. The van der Waals surface area contributed by atoms with Crippen LogP contribution in [-0.4, -0.2) is 83.9 Å². The summed E-state index contributed by atoms with van der Waals surface area (Å²) in [6, 6.07) is 5.19. The summed E-state index contributed by atoms with van der Waals surface area (Å²) in [6.07, 6.45) is -0.331. The molecule has 1 saturated heterocycles. The van der Waals surface area contributed by atoms with Crippen LogP contribution in [0.5, 0.6) is 11.5 Å². The molecule has 2 N–H and O–H groups in total. The van der Waals surface area contributed by atoms with Crippen LogP contribution in [0.4, 0.5) is 16.4 Å². The number of carbonyl (C=O) groups excluding carboxylic acids is 1. The van der Waals surface area contributed by atoms with Crippen LogP contribution in [0.3, 0.4) is 0 Å². The van der Waals surface area contributed by atoms with E-state index in [-0.39, 0.29) is 11.2 Å². The lowest BCUT2D eigenvalue weighted by atomic mass is 10.2. The molecule has 11 nitrogen and oxygen atoms in total. The minimum atomic E-state index is -0.331. The smallest absolute Gasteiger partial charge is 0.409 e. The molecule has 1 aliphatic rings. The third kappa shape index (κ3) is 7.08. The maximum atomic E-state index is 12.1. The topological polar surface area (TPSA) is 113 Å². The molecule has 2 aromatic rings. The van der Waals surface area contributed by atoms with Crippen LogP contribution in [0.1, 0.15) is 18.3 Å². The molecule has 36 heavy (non-hydrogen) atoms. The number of aryl methyl sites for hydroxylation is 2. The average molecular weight is 536 g/mol. The minimum absolute atomic E-state index is 0.164. The van der Waals surface area contributed by atoms with E-state index in [1.165, 1.54) is 14.2 Å². The summed E-state index contributed by atoms with van der Waals surface area (Å²) in [5, 5.41) is 6.83. The summed E-state index contributed by atoms with van der Waals surface area (Å²) in [4.78, 5) is 29.3. The van der Waals surface area contributed by atoms with Crippen LogP contribution in [0.25, 0.3) is 0 Å². The number of nitrogens with one attached hydrogen (secondary N) is 2. The van der Waals surface area contributed by atoms with Gasteiger partial charge in [0.2, 0.25) is 17.0 Å². The Labute approximate surface area is 220 Å². The molecule has 1 aromatic heterocycles. The molecule has 0 spiro atoms. The van der Waals surface area contributed by atoms with Crippen LogP contribution in [-0.2, 0) is 4.74 Å². The first-order valence-corrected chi connectivity index (χ1v) is 12.1. The Morgan fingerprint density at radius 3 is 2.22 bits per heavy atom. The van der Waals surface area contributed by atoms with Crippen molar-refractivity contribution >= 4 is 52.6 Å². The predicted octanol–water partition coefficient (Wildman–Crippen LogP) is 3.70. The second kappa shape index (κ2) is 12.5. The third-order valence-corrected chi connectivity index (χ3v) is 5.72. The molecule has 13 heteroatoms. The molecule has 0 aliphatic carbocycles. The normalized spacial score (nSPS) is 13.8. The fraction of sp³-hybridized carbons (Fsp3) is 0.435. The molecule has 0 unspecified atom stereocenters. The van der Waals surface area contributed by atoms with Crippen LogP contribution in [0, 0.1) is 13.8 Å². The molecule has 2 heterocycles. The zero-order valence-corrected chi connectivity index (χ0v) is 22.5. The lowest BCUT2D eigenvalue weighted by Gasteiger charge is -2.35. The predicted molar refractivity (Wildman–Crippen MR) is 144 cm³/mol. The highest BCUT2D eigenvalue weighted by Crippen LogP contribution is 2.36. The Morgan fingerprint density at radius 2 is 1.64 bits per heavy atom. The molecule has 1 aliphatic heterocycles. The largest absolute Gasteiger partial charge is 0.495 e. The van der Waals surface area contributed by atoms with E-state index in [1.807, 2.05) is 24.8 Å². The second-order valence-corrected chi connectivity index (χ2v) is 8.62. The first-order valence-electron chi connectivity index (χ1n) is 11.3. The van der Waals surface area contributed by atoms with E-state index < -0.39 is 0 Å². The van der Waals surface area contributed by atoms with Gasteiger partial charge in [0.05, 0.1) is 31.5 Å².